The quantitative estimate of drug-likeness (QED) is 0.678. The number of aromatic nitrogens is 4. The van der Waals surface area contributed by atoms with Crippen LogP contribution in [0, 0.1) is 5.82 Å². The maximum absolute atomic E-state index is 13.3. The second-order valence-electron chi connectivity index (χ2n) is 4.97. The normalized spacial score (nSPS) is 14.9. The third-order valence-corrected chi connectivity index (χ3v) is 3.76. The molecule has 0 unspecified atom stereocenters. The van der Waals surface area contributed by atoms with Crippen LogP contribution in [0.15, 0.2) is 30.7 Å². The van der Waals surface area contributed by atoms with E-state index in [1.165, 1.54) is 24.5 Å². The summed E-state index contributed by atoms with van der Waals surface area (Å²) in [4.78, 5) is 8.11. The van der Waals surface area contributed by atoms with Crippen LogP contribution in [0.25, 0.3) is 16.8 Å². The van der Waals surface area contributed by atoms with Gasteiger partial charge in [-0.3, -0.25) is 4.98 Å². The van der Waals surface area contributed by atoms with Crippen molar-refractivity contribution in [2.75, 3.05) is 0 Å². The highest BCUT2D eigenvalue weighted by Gasteiger charge is 2.27. The van der Waals surface area contributed by atoms with Crippen LogP contribution in [-0.4, -0.2) is 19.6 Å². The highest BCUT2D eigenvalue weighted by atomic mass is 35.5. The summed E-state index contributed by atoms with van der Waals surface area (Å²) < 4.78 is 14.9. The van der Waals surface area contributed by atoms with E-state index in [1.54, 1.807) is 10.7 Å². The molecule has 1 fully saturated rings. The highest BCUT2D eigenvalue weighted by molar-refractivity contribution is 6.28. The van der Waals surface area contributed by atoms with E-state index in [9.17, 15) is 4.39 Å². The first-order valence-corrected chi connectivity index (χ1v) is 6.75. The van der Waals surface area contributed by atoms with Crippen LogP contribution in [0.5, 0.6) is 0 Å². The minimum absolute atomic E-state index is 0.272. The van der Waals surface area contributed by atoms with Crippen LogP contribution < -0.4 is 0 Å². The van der Waals surface area contributed by atoms with E-state index >= 15 is 0 Å². The van der Waals surface area contributed by atoms with Gasteiger partial charge in [0, 0.05) is 17.3 Å². The number of hydrogen-bond acceptors (Lipinski definition) is 3. The first-order chi connectivity index (χ1) is 9.72. The molecule has 1 saturated carbocycles. The lowest BCUT2D eigenvalue weighted by molar-refractivity contribution is 0.622. The van der Waals surface area contributed by atoms with Crippen molar-refractivity contribution in [3.8, 4) is 11.3 Å². The fraction of sp³-hybridized carbons (Fsp3) is 0.214. The lowest BCUT2D eigenvalue weighted by Gasteiger charge is -2.04. The summed E-state index contributed by atoms with van der Waals surface area (Å²) in [6.07, 6.45) is 6.94. The Hall–Kier alpha value is -2.01. The Morgan fingerprint density at radius 1 is 1.20 bits per heavy atom. The van der Waals surface area contributed by atoms with Gasteiger partial charge in [-0.05, 0) is 42.5 Å². The van der Waals surface area contributed by atoms with Crippen LogP contribution in [0.4, 0.5) is 4.39 Å². The Bertz CT molecular complexity index is 810. The van der Waals surface area contributed by atoms with E-state index < -0.39 is 5.82 Å². The molecule has 100 valence electrons. The summed E-state index contributed by atoms with van der Waals surface area (Å²) >= 11 is 6.17. The molecule has 0 aliphatic heterocycles. The third kappa shape index (κ3) is 1.86. The van der Waals surface area contributed by atoms with Gasteiger partial charge in [-0.2, -0.15) is 5.10 Å². The molecule has 1 aliphatic rings. The first-order valence-electron chi connectivity index (χ1n) is 6.37. The van der Waals surface area contributed by atoms with Gasteiger partial charge < -0.3 is 0 Å². The summed E-state index contributed by atoms with van der Waals surface area (Å²) in [7, 11) is 0. The van der Waals surface area contributed by atoms with Gasteiger partial charge in [0.15, 0.2) is 0 Å². The van der Waals surface area contributed by atoms with Crippen molar-refractivity contribution in [1.82, 2.24) is 19.6 Å². The fourth-order valence-electron chi connectivity index (χ4n) is 2.38. The molecule has 4 rings (SSSR count). The van der Waals surface area contributed by atoms with Gasteiger partial charge in [-0.15, -0.1) is 0 Å². The molecule has 1 aliphatic carbocycles. The first kappa shape index (κ1) is 11.8. The van der Waals surface area contributed by atoms with Gasteiger partial charge in [0.05, 0.1) is 23.6 Å². The van der Waals surface area contributed by atoms with Crippen molar-refractivity contribution < 1.29 is 4.39 Å². The number of hydrogen-bond donors (Lipinski definition) is 0. The smallest absolute Gasteiger partial charge is 0.224 e. The number of pyridine rings is 1. The topological polar surface area (TPSA) is 43.1 Å². The third-order valence-electron chi connectivity index (χ3n) is 3.51. The standard InChI is InChI=1S/C14H10ClFN4/c15-14-19-12(9-3-10(16)6-17-5-9)4-13-11(8-1-2-8)7-18-20(13)14/h3-8H,1-2H2. The molecule has 20 heavy (non-hydrogen) atoms. The monoisotopic (exact) mass is 288 g/mol. The van der Waals surface area contributed by atoms with Gasteiger partial charge in [0.25, 0.3) is 0 Å². The molecule has 3 aromatic heterocycles. The minimum atomic E-state index is -0.392. The van der Waals surface area contributed by atoms with Crippen LogP contribution in [0.3, 0.4) is 0 Å². The lowest BCUT2D eigenvalue weighted by Crippen LogP contribution is -1.96. The molecule has 0 amide bonds. The van der Waals surface area contributed by atoms with Gasteiger partial charge >= 0.3 is 0 Å². The van der Waals surface area contributed by atoms with Crippen molar-refractivity contribution in [3.05, 3.63) is 47.4 Å². The van der Waals surface area contributed by atoms with E-state index in [-0.39, 0.29) is 5.28 Å². The molecule has 4 nitrogen and oxygen atoms in total. The Morgan fingerprint density at radius 2 is 2.05 bits per heavy atom. The number of halogens is 2. The van der Waals surface area contributed by atoms with E-state index in [2.05, 4.69) is 15.1 Å². The zero-order chi connectivity index (χ0) is 13.7. The van der Waals surface area contributed by atoms with Gasteiger partial charge in [0.2, 0.25) is 5.28 Å². The molecular weight excluding hydrogens is 279 g/mol. The van der Waals surface area contributed by atoms with Crippen LogP contribution in [0.2, 0.25) is 5.28 Å². The van der Waals surface area contributed by atoms with E-state index in [0.717, 1.165) is 11.7 Å². The van der Waals surface area contributed by atoms with Crippen molar-refractivity contribution in [2.45, 2.75) is 18.8 Å². The number of fused-ring (bicyclic) bond motifs is 1. The summed E-state index contributed by atoms with van der Waals surface area (Å²) in [6.45, 7) is 0. The van der Waals surface area contributed by atoms with Gasteiger partial charge in [-0.1, -0.05) is 0 Å². The van der Waals surface area contributed by atoms with E-state index in [4.69, 9.17) is 11.6 Å². The summed E-state index contributed by atoms with van der Waals surface area (Å²) in [5.74, 6) is 0.167. The van der Waals surface area contributed by atoms with Crippen molar-refractivity contribution in [2.24, 2.45) is 0 Å². The van der Waals surface area contributed by atoms with Crippen molar-refractivity contribution in [1.29, 1.82) is 0 Å². The molecule has 6 heteroatoms. The molecule has 0 spiro atoms. The molecule has 0 saturated heterocycles. The molecular formula is C14H10ClFN4. The van der Waals surface area contributed by atoms with Crippen LogP contribution >= 0.6 is 11.6 Å². The Kier molecular flexibility index (Phi) is 2.50. The van der Waals surface area contributed by atoms with Crippen molar-refractivity contribution >= 4 is 17.1 Å². The number of rotatable bonds is 2. The minimum Gasteiger partial charge on any atom is -0.261 e. The van der Waals surface area contributed by atoms with Crippen LogP contribution in [0.1, 0.15) is 24.3 Å². The number of nitrogens with zero attached hydrogens (tertiary/aromatic N) is 4. The average Bonchev–Trinajstić information content (AvgIpc) is 3.18. The molecule has 0 radical (unpaired) electrons. The predicted molar refractivity (Wildman–Crippen MR) is 73.2 cm³/mol. The maximum atomic E-state index is 13.3. The average molecular weight is 289 g/mol. The van der Waals surface area contributed by atoms with Crippen molar-refractivity contribution in [3.63, 3.8) is 0 Å². The van der Waals surface area contributed by atoms with Crippen LogP contribution in [-0.2, 0) is 0 Å². The summed E-state index contributed by atoms with van der Waals surface area (Å²) in [6, 6.07) is 3.29. The Balaban J connectivity index is 1.94. The van der Waals surface area contributed by atoms with E-state index in [0.29, 0.717) is 17.2 Å². The SMILES string of the molecule is Fc1cncc(-c2cc3c(C4CC4)cnn3c(Cl)n2)c1. The van der Waals surface area contributed by atoms with Gasteiger partial charge in [-0.25, -0.2) is 13.9 Å². The highest BCUT2D eigenvalue weighted by Crippen LogP contribution is 2.42. The van der Waals surface area contributed by atoms with Gasteiger partial charge in [0.1, 0.15) is 5.82 Å². The maximum Gasteiger partial charge on any atom is 0.224 e. The second-order valence-corrected chi connectivity index (χ2v) is 5.31. The lowest BCUT2D eigenvalue weighted by atomic mass is 10.1. The molecule has 3 heterocycles. The Labute approximate surface area is 119 Å². The largest absolute Gasteiger partial charge is 0.261 e. The summed E-state index contributed by atoms with van der Waals surface area (Å²) in [5, 5.41) is 4.54. The van der Waals surface area contributed by atoms with E-state index in [1.807, 2.05) is 12.3 Å². The molecule has 0 bridgehead atoms. The zero-order valence-corrected chi connectivity index (χ0v) is 11.2. The predicted octanol–water partition coefficient (Wildman–Crippen LogP) is 3.46. The second kappa shape index (κ2) is 4.24. The molecule has 3 aromatic rings. The Morgan fingerprint density at radius 3 is 2.80 bits per heavy atom. The zero-order valence-electron chi connectivity index (χ0n) is 10.4. The molecule has 0 aromatic carbocycles. The molecule has 0 N–H and O–H groups in total. The molecule has 0 atom stereocenters. The summed E-state index contributed by atoms with van der Waals surface area (Å²) in [5.41, 5.74) is 3.33. The fourth-order valence-corrected chi connectivity index (χ4v) is 2.61.